The molecule has 5 rings (SSSR count). The van der Waals surface area contributed by atoms with E-state index in [-0.39, 0.29) is 17.4 Å². The van der Waals surface area contributed by atoms with Crippen LogP contribution in [0.3, 0.4) is 0 Å². The first-order valence-electron chi connectivity index (χ1n) is 9.19. The number of benzene rings is 2. The summed E-state index contributed by atoms with van der Waals surface area (Å²) in [7, 11) is 0. The summed E-state index contributed by atoms with van der Waals surface area (Å²) in [5.41, 5.74) is 2.29. The van der Waals surface area contributed by atoms with Gasteiger partial charge in [0, 0.05) is 17.4 Å². The zero-order chi connectivity index (χ0) is 19.8. The van der Waals surface area contributed by atoms with Crippen molar-refractivity contribution < 1.29 is 9.18 Å². The summed E-state index contributed by atoms with van der Waals surface area (Å²) in [6.07, 6.45) is 3.80. The van der Waals surface area contributed by atoms with Gasteiger partial charge in [-0.2, -0.15) is 5.10 Å². The van der Waals surface area contributed by atoms with E-state index in [0.717, 1.165) is 24.2 Å². The Bertz CT molecular complexity index is 1180. The number of amides is 1. The Morgan fingerprint density at radius 1 is 1.10 bits per heavy atom. The zero-order valence-electron chi connectivity index (χ0n) is 15.2. The fourth-order valence-electron chi connectivity index (χ4n) is 3.05. The standard InChI is InChI=1S/C20H16FN7O/c21-14-2-1-3-17(12-14)27-11-10-18(24-27)20(29)22-15-6-4-13(5-7-15)19-23-25-26-28(19)16-8-9-16/h1-7,10-12,16H,8-9H2,(H,22,29). The highest BCUT2D eigenvalue weighted by molar-refractivity contribution is 6.02. The molecule has 0 saturated heterocycles. The summed E-state index contributed by atoms with van der Waals surface area (Å²) in [4.78, 5) is 12.5. The topological polar surface area (TPSA) is 90.5 Å². The lowest BCUT2D eigenvalue weighted by atomic mass is 10.2. The molecule has 2 aromatic heterocycles. The molecule has 0 atom stereocenters. The summed E-state index contributed by atoms with van der Waals surface area (Å²) < 4.78 is 16.7. The fourth-order valence-corrected chi connectivity index (χ4v) is 3.05. The number of hydrogen-bond donors (Lipinski definition) is 1. The van der Waals surface area contributed by atoms with Gasteiger partial charge in [-0.3, -0.25) is 4.79 Å². The maximum Gasteiger partial charge on any atom is 0.276 e. The average Bonchev–Trinajstić information content (AvgIpc) is 3.25. The summed E-state index contributed by atoms with van der Waals surface area (Å²) in [5, 5.41) is 18.9. The van der Waals surface area contributed by atoms with Gasteiger partial charge in [-0.25, -0.2) is 13.8 Å². The fraction of sp³-hybridized carbons (Fsp3) is 0.150. The van der Waals surface area contributed by atoms with Crippen LogP contribution < -0.4 is 5.32 Å². The van der Waals surface area contributed by atoms with E-state index >= 15 is 0 Å². The van der Waals surface area contributed by atoms with Gasteiger partial charge in [-0.15, -0.1) is 5.10 Å². The second-order valence-corrected chi connectivity index (χ2v) is 6.84. The number of carbonyl (C=O) groups excluding carboxylic acids is 1. The number of tetrazole rings is 1. The van der Waals surface area contributed by atoms with Gasteiger partial charge < -0.3 is 5.32 Å². The Hall–Kier alpha value is -3.88. The summed E-state index contributed by atoms with van der Waals surface area (Å²) in [5.74, 6) is 0.00624. The van der Waals surface area contributed by atoms with Gasteiger partial charge in [0.05, 0.1) is 11.7 Å². The molecule has 144 valence electrons. The summed E-state index contributed by atoms with van der Waals surface area (Å²) in [6, 6.07) is 15.3. The quantitative estimate of drug-likeness (QED) is 0.566. The highest BCUT2D eigenvalue weighted by Crippen LogP contribution is 2.36. The van der Waals surface area contributed by atoms with Crippen molar-refractivity contribution in [2.75, 3.05) is 5.32 Å². The van der Waals surface area contributed by atoms with E-state index in [2.05, 4.69) is 25.9 Å². The second kappa shape index (κ2) is 6.93. The second-order valence-electron chi connectivity index (χ2n) is 6.84. The van der Waals surface area contributed by atoms with Crippen LogP contribution in [-0.4, -0.2) is 35.9 Å². The van der Waals surface area contributed by atoms with Crippen molar-refractivity contribution in [1.29, 1.82) is 0 Å². The smallest absolute Gasteiger partial charge is 0.276 e. The van der Waals surface area contributed by atoms with Gasteiger partial charge in [0.2, 0.25) is 0 Å². The molecule has 4 aromatic rings. The summed E-state index contributed by atoms with van der Waals surface area (Å²) in [6.45, 7) is 0. The van der Waals surface area contributed by atoms with Crippen LogP contribution in [0.4, 0.5) is 10.1 Å². The van der Waals surface area contributed by atoms with Gasteiger partial charge in [-0.1, -0.05) is 6.07 Å². The minimum Gasteiger partial charge on any atom is -0.321 e. The molecule has 1 aliphatic rings. The molecule has 0 radical (unpaired) electrons. The van der Waals surface area contributed by atoms with Gasteiger partial charge in [0.15, 0.2) is 11.5 Å². The molecule has 0 unspecified atom stereocenters. The number of nitrogens with zero attached hydrogens (tertiary/aromatic N) is 6. The average molecular weight is 389 g/mol. The van der Waals surface area contributed by atoms with Gasteiger partial charge in [0.1, 0.15) is 5.82 Å². The Morgan fingerprint density at radius 2 is 1.93 bits per heavy atom. The largest absolute Gasteiger partial charge is 0.321 e. The van der Waals surface area contributed by atoms with Crippen LogP contribution in [0, 0.1) is 5.82 Å². The SMILES string of the molecule is O=C(Nc1ccc(-c2nnnn2C2CC2)cc1)c1ccn(-c2cccc(F)c2)n1. The summed E-state index contributed by atoms with van der Waals surface area (Å²) >= 11 is 0. The van der Waals surface area contributed by atoms with Crippen molar-refractivity contribution >= 4 is 11.6 Å². The van der Waals surface area contributed by atoms with Crippen LogP contribution in [0.2, 0.25) is 0 Å². The molecule has 0 bridgehead atoms. The lowest BCUT2D eigenvalue weighted by Crippen LogP contribution is -2.13. The molecule has 2 aromatic carbocycles. The third kappa shape index (κ3) is 3.49. The van der Waals surface area contributed by atoms with Gasteiger partial charge >= 0.3 is 0 Å². The van der Waals surface area contributed by atoms with E-state index in [0.29, 0.717) is 17.4 Å². The minimum atomic E-state index is -0.364. The molecule has 0 aliphatic heterocycles. The molecule has 1 saturated carbocycles. The number of carbonyl (C=O) groups is 1. The van der Waals surface area contributed by atoms with E-state index < -0.39 is 0 Å². The molecule has 1 fully saturated rings. The van der Waals surface area contributed by atoms with Gasteiger partial charge in [0.25, 0.3) is 5.91 Å². The molecular formula is C20H16FN7O. The molecule has 1 N–H and O–H groups in total. The van der Waals surface area contributed by atoms with E-state index in [1.54, 1.807) is 36.5 Å². The van der Waals surface area contributed by atoms with Crippen LogP contribution >= 0.6 is 0 Å². The third-order valence-electron chi connectivity index (χ3n) is 4.68. The zero-order valence-corrected chi connectivity index (χ0v) is 15.2. The van der Waals surface area contributed by atoms with Crippen LogP contribution in [0.1, 0.15) is 29.4 Å². The Labute approximate surface area is 165 Å². The van der Waals surface area contributed by atoms with E-state index in [1.165, 1.54) is 16.8 Å². The normalized spacial score (nSPS) is 13.4. The van der Waals surface area contributed by atoms with E-state index in [1.807, 2.05) is 16.8 Å². The monoisotopic (exact) mass is 389 g/mol. The highest BCUT2D eigenvalue weighted by atomic mass is 19.1. The third-order valence-corrected chi connectivity index (χ3v) is 4.68. The number of halogens is 1. The van der Waals surface area contributed by atoms with Crippen LogP contribution in [0.25, 0.3) is 17.1 Å². The number of hydrogen-bond acceptors (Lipinski definition) is 5. The first-order chi connectivity index (χ1) is 14.2. The number of rotatable bonds is 5. The van der Waals surface area contributed by atoms with Crippen LogP contribution in [0.5, 0.6) is 0 Å². The van der Waals surface area contributed by atoms with Crippen LogP contribution in [0.15, 0.2) is 60.8 Å². The number of nitrogens with one attached hydrogen (secondary N) is 1. The molecule has 9 heteroatoms. The molecule has 8 nitrogen and oxygen atoms in total. The number of anilines is 1. The Morgan fingerprint density at radius 3 is 2.69 bits per heavy atom. The first-order valence-corrected chi connectivity index (χ1v) is 9.19. The predicted octanol–water partition coefficient (Wildman–Crippen LogP) is 3.25. The molecule has 29 heavy (non-hydrogen) atoms. The van der Waals surface area contributed by atoms with E-state index in [9.17, 15) is 9.18 Å². The van der Waals surface area contributed by atoms with Crippen molar-refractivity contribution in [2.24, 2.45) is 0 Å². The van der Waals surface area contributed by atoms with E-state index in [4.69, 9.17) is 0 Å². The lowest BCUT2D eigenvalue weighted by Gasteiger charge is -2.06. The predicted molar refractivity (Wildman–Crippen MR) is 103 cm³/mol. The lowest BCUT2D eigenvalue weighted by molar-refractivity contribution is 0.102. The Balaban J connectivity index is 1.30. The maximum atomic E-state index is 13.4. The molecule has 2 heterocycles. The highest BCUT2D eigenvalue weighted by Gasteiger charge is 2.28. The first kappa shape index (κ1) is 17.2. The van der Waals surface area contributed by atoms with Crippen molar-refractivity contribution in [1.82, 2.24) is 30.0 Å². The van der Waals surface area contributed by atoms with Gasteiger partial charge in [-0.05, 0) is 71.8 Å². The number of aromatic nitrogens is 6. The maximum absolute atomic E-state index is 13.4. The van der Waals surface area contributed by atoms with Crippen molar-refractivity contribution in [3.05, 3.63) is 72.3 Å². The molecule has 1 aliphatic carbocycles. The molecular weight excluding hydrogens is 373 g/mol. The van der Waals surface area contributed by atoms with Crippen LogP contribution in [-0.2, 0) is 0 Å². The molecule has 0 spiro atoms. The van der Waals surface area contributed by atoms with Crippen molar-refractivity contribution in [3.8, 4) is 17.1 Å². The van der Waals surface area contributed by atoms with Crippen molar-refractivity contribution in [3.63, 3.8) is 0 Å². The van der Waals surface area contributed by atoms with Crippen molar-refractivity contribution in [2.45, 2.75) is 18.9 Å². The molecule has 1 amide bonds. The Kier molecular flexibility index (Phi) is 4.12. The minimum absolute atomic E-state index is 0.232.